The molecule has 4 aromatic rings. The van der Waals surface area contributed by atoms with Gasteiger partial charge in [0.25, 0.3) is 5.91 Å². The van der Waals surface area contributed by atoms with Gasteiger partial charge in [-0.2, -0.15) is 5.10 Å². The van der Waals surface area contributed by atoms with Crippen molar-refractivity contribution in [3.8, 4) is 17.2 Å². The molecule has 0 saturated heterocycles. The van der Waals surface area contributed by atoms with E-state index in [-0.39, 0.29) is 0 Å². The number of nitrogens with one attached hydrogen (secondary N) is 1. The summed E-state index contributed by atoms with van der Waals surface area (Å²) in [5.74, 6) is 0.657. The number of hydrazone groups is 1. The molecule has 0 heterocycles. The normalized spacial score (nSPS) is 10.7. The third kappa shape index (κ3) is 8.18. The molecule has 0 atom stereocenters. The third-order valence-corrected chi connectivity index (χ3v) is 5.72. The lowest BCUT2D eigenvalue weighted by Crippen LogP contribution is -2.18. The van der Waals surface area contributed by atoms with Gasteiger partial charge in [0, 0.05) is 5.02 Å². The number of nitrogens with zero attached hydrogens (tertiary/aromatic N) is 1. The van der Waals surface area contributed by atoms with Crippen molar-refractivity contribution in [2.75, 3.05) is 6.61 Å². The van der Waals surface area contributed by atoms with Crippen LogP contribution in [0.15, 0.2) is 102 Å². The van der Waals surface area contributed by atoms with Crippen LogP contribution >= 0.6 is 11.6 Å². The van der Waals surface area contributed by atoms with Crippen LogP contribution in [0.3, 0.4) is 0 Å². The molecule has 0 saturated carbocycles. The SMILES string of the molecule is CCCOc1ccc(C(=O)Oc2ccc(/C=N\NC(=O)c3ccccc3OCc3ccc(Cl)cc3)cc2)cc1. The Kier molecular flexibility index (Phi) is 9.69. The molecule has 8 heteroatoms. The molecule has 1 N–H and O–H groups in total. The Morgan fingerprint density at radius 2 is 1.54 bits per heavy atom. The fraction of sp³-hybridized carbons (Fsp3) is 0.129. The summed E-state index contributed by atoms with van der Waals surface area (Å²) in [7, 11) is 0. The van der Waals surface area contributed by atoms with Crippen LogP contribution < -0.4 is 19.6 Å². The van der Waals surface area contributed by atoms with Crippen LogP contribution in [0.2, 0.25) is 5.02 Å². The monoisotopic (exact) mass is 542 g/mol. The number of para-hydroxylation sites is 1. The molecule has 0 aliphatic heterocycles. The number of hydrogen-bond donors (Lipinski definition) is 1. The summed E-state index contributed by atoms with van der Waals surface area (Å²) in [5, 5.41) is 4.68. The Morgan fingerprint density at radius 3 is 2.26 bits per heavy atom. The van der Waals surface area contributed by atoms with E-state index < -0.39 is 11.9 Å². The van der Waals surface area contributed by atoms with E-state index in [1.54, 1.807) is 84.9 Å². The summed E-state index contributed by atoms with van der Waals surface area (Å²) >= 11 is 5.92. The fourth-order valence-electron chi connectivity index (χ4n) is 3.44. The van der Waals surface area contributed by atoms with E-state index >= 15 is 0 Å². The van der Waals surface area contributed by atoms with Crippen molar-refractivity contribution in [3.05, 3.63) is 124 Å². The molecule has 0 radical (unpaired) electrons. The number of carbonyl (C=O) groups excluding carboxylic acids is 2. The molecule has 4 aromatic carbocycles. The van der Waals surface area contributed by atoms with E-state index in [1.807, 2.05) is 19.1 Å². The molecule has 4 rings (SSSR count). The number of amides is 1. The second-order valence-corrected chi connectivity index (χ2v) is 8.88. The van der Waals surface area contributed by atoms with Crippen LogP contribution in [0.5, 0.6) is 17.2 Å². The highest BCUT2D eigenvalue weighted by molar-refractivity contribution is 6.30. The molecule has 0 aliphatic rings. The van der Waals surface area contributed by atoms with Crippen LogP contribution in [0, 0.1) is 0 Å². The van der Waals surface area contributed by atoms with Crippen molar-refractivity contribution in [3.63, 3.8) is 0 Å². The molecule has 198 valence electrons. The smallest absolute Gasteiger partial charge is 0.343 e. The maximum absolute atomic E-state index is 12.7. The molecule has 0 fully saturated rings. The van der Waals surface area contributed by atoms with Crippen LogP contribution in [-0.4, -0.2) is 24.7 Å². The highest BCUT2D eigenvalue weighted by atomic mass is 35.5. The second kappa shape index (κ2) is 13.8. The zero-order valence-electron chi connectivity index (χ0n) is 21.3. The summed E-state index contributed by atoms with van der Waals surface area (Å²) in [4.78, 5) is 25.1. The molecule has 0 spiro atoms. The van der Waals surface area contributed by atoms with E-state index in [9.17, 15) is 9.59 Å². The van der Waals surface area contributed by atoms with Crippen molar-refractivity contribution in [2.24, 2.45) is 5.10 Å². The Bertz CT molecular complexity index is 1420. The van der Waals surface area contributed by atoms with Gasteiger partial charge in [0.15, 0.2) is 0 Å². The average molecular weight is 543 g/mol. The predicted octanol–water partition coefficient (Wildman–Crippen LogP) is 6.69. The van der Waals surface area contributed by atoms with E-state index in [2.05, 4.69) is 10.5 Å². The van der Waals surface area contributed by atoms with E-state index in [0.717, 1.165) is 12.0 Å². The van der Waals surface area contributed by atoms with Gasteiger partial charge in [-0.05, 0) is 90.3 Å². The highest BCUT2D eigenvalue weighted by Gasteiger charge is 2.12. The van der Waals surface area contributed by atoms with E-state index in [4.69, 9.17) is 25.8 Å². The van der Waals surface area contributed by atoms with Crippen LogP contribution in [0.1, 0.15) is 45.2 Å². The summed E-state index contributed by atoms with van der Waals surface area (Å²) in [6.45, 7) is 2.94. The summed E-state index contributed by atoms with van der Waals surface area (Å²) in [6, 6.07) is 27.8. The van der Waals surface area contributed by atoms with Gasteiger partial charge in [-0.25, -0.2) is 10.2 Å². The molecule has 0 aromatic heterocycles. The van der Waals surface area contributed by atoms with Gasteiger partial charge >= 0.3 is 5.97 Å². The minimum absolute atomic E-state index is 0.292. The van der Waals surface area contributed by atoms with Crippen LogP contribution in [-0.2, 0) is 6.61 Å². The maximum Gasteiger partial charge on any atom is 0.343 e. The van der Waals surface area contributed by atoms with Crippen molar-refractivity contribution in [2.45, 2.75) is 20.0 Å². The first kappa shape index (κ1) is 27.4. The zero-order valence-corrected chi connectivity index (χ0v) is 22.1. The van der Waals surface area contributed by atoms with Gasteiger partial charge < -0.3 is 14.2 Å². The number of hydrogen-bond acceptors (Lipinski definition) is 6. The Hall–Kier alpha value is -4.62. The lowest BCUT2D eigenvalue weighted by molar-refractivity contribution is 0.0734. The van der Waals surface area contributed by atoms with Crippen molar-refractivity contribution < 1.29 is 23.8 Å². The first-order chi connectivity index (χ1) is 19.0. The predicted molar refractivity (Wildman–Crippen MR) is 151 cm³/mol. The number of benzene rings is 4. The van der Waals surface area contributed by atoms with Gasteiger partial charge in [0.2, 0.25) is 0 Å². The summed E-state index contributed by atoms with van der Waals surface area (Å²) in [5.41, 5.74) is 4.93. The maximum atomic E-state index is 12.7. The van der Waals surface area contributed by atoms with Crippen molar-refractivity contribution in [1.82, 2.24) is 5.43 Å². The van der Waals surface area contributed by atoms with Gasteiger partial charge in [0.1, 0.15) is 23.9 Å². The van der Waals surface area contributed by atoms with Crippen molar-refractivity contribution >= 4 is 29.7 Å². The Balaban J connectivity index is 1.29. The number of halogens is 1. The number of ether oxygens (including phenoxy) is 3. The molecule has 0 unspecified atom stereocenters. The molecular formula is C31H27ClN2O5. The number of rotatable bonds is 11. The average Bonchev–Trinajstić information content (AvgIpc) is 2.97. The van der Waals surface area contributed by atoms with Gasteiger partial charge in [-0.1, -0.05) is 42.8 Å². The first-order valence-electron chi connectivity index (χ1n) is 12.4. The number of carbonyl (C=O) groups is 2. The largest absolute Gasteiger partial charge is 0.494 e. The van der Waals surface area contributed by atoms with Crippen LogP contribution in [0.4, 0.5) is 0 Å². The van der Waals surface area contributed by atoms with Gasteiger partial charge in [-0.3, -0.25) is 4.79 Å². The highest BCUT2D eigenvalue weighted by Crippen LogP contribution is 2.20. The van der Waals surface area contributed by atoms with Crippen LogP contribution in [0.25, 0.3) is 0 Å². The first-order valence-corrected chi connectivity index (χ1v) is 12.7. The summed E-state index contributed by atoms with van der Waals surface area (Å²) in [6.07, 6.45) is 2.40. The molecule has 7 nitrogen and oxygen atoms in total. The molecule has 1 amide bonds. The second-order valence-electron chi connectivity index (χ2n) is 8.44. The van der Waals surface area contributed by atoms with Crippen molar-refractivity contribution in [1.29, 1.82) is 0 Å². The van der Waals surface area contributed by atoms with E-state index in [1.165, 1.54) is 6.21 Å². The Labute approximate surface area is 232 Å². The molecular weight excluding hydrogens is 516 g/mol. The Morgan fingerprint density at radius 1 is 0.846 bits per heavy atom. The molecule has 39 heavy (non-hydrogen) atoms. The topological polar surface area (TPSA) is 86.2 Å². The van der Waals surface area contributed by atoms with E-state index in [0.29, 0.717) is 52.2 Å². The standard InChI is InChI=1S/C31H27ClN2O5/c1-2-19-37-26-17-11-24(12-18-26)31(36)39-27-15-9-22(10-16-27)20-33-34-30(35)28-5-3-4-6-29(28)38-21-23-7-13-25(32)14-8-23/h3-18,20H,2,19,21H2,1H3,(H,34,35)/b33-20-. The third-order valence-electron chi connectivity index (χ3n) is 5.47. The lowest BCUT2D eigenvalue weighted by atomic mass is 10.2. The zero-order chi connectivity index (χ0) is 27.5. The fourth-order valence-corrected chi connectivity index (χ4v) is 3.57. The van der Waals surface area contributed by atoms with Gasteiger partial charge in [0.05, 0.1) is 23.9 Å². The minimum Gasteiger partial charge on any atom is -0.494 e. The lowest BCUT2D eigenvalue weighted by Gasteiger charge is -2.10. The van der Waals surface area contributed by atoms with Gasteiger partial charge in [-0.15, -0.1) is 0 Å². The molecule has 0 aliphatic carbocycles. The number of esters is 1. The summed E-state index contributed by atoms with van der Waals surface area (Å²) < 4.78 is 16.8. The quantitative estimate of drug-likeness (QED) is 0.0987. The minimum atomic E-state index is -0.470. The molecule has 0 bridgehead atoms.